The average molecular weight is 1380 g/mol. The number of nitrogens with zero attached hydrogens (tertiary/aromatic N) is 8. The quantitative estimate of drug-likeness (QED) is 0.0218. The second-order valence-corrected chi connectivity index (χ2v) is 27.8. The third-order valence-corrected chi connectivity index (χ3v) is 18.4. The second kappa shape index (κ2) is 28.2. The van der Waals surface area contributed by atoms with Gasteiger partial charge in [-0.15, -0.1) is 0 Å². The van der Waals surface area contributed by atoms with Crippen LogP contribution in [0.2, 0.25) is 0 Å². The van der Waals surface area contributed by atoms with E-state index in [0.29, 0.717) is 11.3 Å². The number of imidazole rings is 2. The summed E-state index contributed by atoms with van der Waals surface area (Å²) in [7, 11) is 1.40. The van der Waals surface area contributed by atoms with Crippen LogP contribution in [-0.2, 0) is 81.5 Å². The fourth-order valence-electron chi connectivity index (χ4n) is 10.5. The maximum atomic E-state index is 16.3. The first-order chi connectivity index (χ1) is 44.2. The van der Waals surface area contributed by atoms with Crippen molar-refractivity contribution in [2.45, 2.75) is 100 Å². The van der Waals surface area contributed by atoms with Crippen LogP contribution < -0.4 is 43.6 Å². The number of primary amides is 1. The number of carbonyl (C=O) groups excluding carboxylic acids is 8. The van der Waals surface area contributed by atoms with Crippen molar-refractivity contribution in [3.63, 3.8) is 0 Å². The van der Waals surface area contributed by atoms with E-state index >= 15 is 4.39 Å². The lowest BCUT2D eigenvalue weighted by Gasteiger charge is -2.32. The Balaban J connectivity index is 0.703. The molecule has 12 atom stereocenters. The molecular weight excluding hydrogens is 1310 g/mol. The topological polar surface area (TPSA) is 467 Å². The molecule has 9 amide bonds. The number of alkyl halides is 1. The van der Waals surface area contributed by atoms with Crippen LogP contribution in [0.25, 0.3) is 22.2 Å². The Hall–Kier alpha value is -8.10. The van der Waals surface area contributed by atoms with Crippen LogP contribution in [0.3, 0.4) is 0 Å². The number of pyridine rings is 1. The Morgan fingerprint density at radius 1 is 0.892 bits per heavy atom. The summed E-state index contributed by atoms with van der Waals surface area (Å²) in [5.41, 5.74) is 9.64. The number of hydrogen-bond acceptors (Lipinski definition) is 25. The molecule has 41 heteroatoms. The molecule has 0 unspecified atom stereocenters. The van der Waals surface area contributed by atoms with E-state index in [-0.39, 0.29) is 92.6 Å². The third-order valence-electron chi connectivity index (χ3n) is 15.2. The van der Waals surface area contributed by atoms with Crippen molar-refractivity contribution in [3.05, 3.63) is 77.4 Å². The Morgan fingerprint density at radius 2 is 1.61 bits per heavy atom. The number of nitrogens with two attached hydrogens (primary N) is 2. The number of rotatable bonds is 21. The Labute approximate surface area is 535 Å². The number of carbonyl (C=O) groups is 8. The van der Waals surface area contributed by atoms with Crippen molar-refractivity contribution >= 4 is 125 Å². The van der Waals surface area contributed by atoms with Crippen LogP contribution in [0.15, 0.2) is 66.3 Å². The number of hydrogen-bond donors (Lipinski definition) is 10. The normalized spacial score (nSPS) is 26.6. The minimum Gasteiger partial charge on any atom is -0.447 e. The van der Waals surface area contributed by atoms with E-state index < -0.39 is 147 Å². The fraction of sp³-hybridized carbons (Fsp3) is 0.481. The molecule has 0 saturated carbocycles. The molecule has 93 heavy (non-hydrogen) atoms. The predicted molar refractivity (Wildman–Crippen MR) is 325 cm³/mol. The van der Waals surface area contributed by atoms with Gasteiger partial charge in [0.15, 0.2) is 41.1 Å². The number of fused-ring (bicyclic) bond motifs is 4. The van der Waals surface area contributed by atoms with Gasteiger partial charge in [0.2, 0.25) is 17.7 Å². The van der Waals surface area contributed by atoms with Crippen LogP contribution >= 0.6 is 38.1 Å². The summed E-state index contributed by atoms with van der Waals surface area (Å²) in [5, 5.41) is 12.9. The third kappa shape index (κ3) is 15.6. The zero-order valence-electron chi connectivity index (χ0n) is 49.4. The minimum atomic E-state index is -4.60. The number of anilines is 3. The van der Waals surface area contributed by atoms with E-state index in [9.17, 15) is 52.3 Å². The van der Waals surface area contributed by atoms with Gasteiger partial charge in [0.25, 0.3) is 17.4 Å². The monoisotopic (exact) mass is 1380 g/mol. The molecule has 0 radical (unpaired) electrons. The molecule has 5 aromatic rings. The van der Waals surface area contributed by atoms with Crippen LogP contribution in [0.5, 0.6) is 0 Å². The summed E-state index contributed by atoms with van der Waals surface area (Å²) < 4.78 is 99.4. The zero-order chi connectivity index (χ0) is 66.7. The van der Waals surface area contributed by atoms with Crippen molar-refractivity contribution < 1.29 is 93.7 Å². The smallest absolute Gasteiger partial charge is 0.412 e. The van der Waals surface area contributed by atoms with Crippen molar-refractivity contribution in [2.75, 3.05) is 69.5 Å². The summed E-state index contributed by atoms with van der Waals surface area (Å²) in [6.45, 7) is -8.23. The molecule has 36 nitrogen and oxygen atoms in total. The molecule has 4 bridgehead atoms. The first-order valence-electron chi connectivity index (χ1n) is 28.5. The van der Waals surface area contributed by atoms with Gasteiger partial charge >= 0.3 is 31.8 Å². The number of urea groups is 1. The molecule has 500 valence electrons. The number of H-pyrrole nitrogens is 1. The second-order valence-electron chi connectivity index (χ2n) is 22.1. The van der Waals surface area contributed by atoms with Crippen LogP contribution in [-0.4, -0.2) is 193 Å². The zero-order valence-corrected chi connectivity index (χ0v) is 53.0. The van der Waals surface area contributed by atoms with Crippen molar-refractivity contribution in [1.29, 1.82) is 0 Å². The summed E-state index contributed by atoms with van der Waals surface area (Å²) in [4.78, 5) is 135. The summed E-state index contributed by atoms with van der Waals surface area (Å²) >= 11 is 8.36. The number of aromatic amines is 1. The van der Waals surface area contributed by atoms with Crippen molar-refractivity contribution in [1.82, 2.24) is 59.8 Å². The number of likely N-dealkylation sites (N-methyl/N-ethyl adjacent to an activating group) is 1. The molecule has 0 aliphatic carbocycles. The molecular formula is C52H63FN16O20P2S2. The number of imide groups is 1. The Kier molecular flexibility index (Phi) is 20.6. The maximum Gasteiger partial charge on any atom is 0.412 e. The first kappa shape index (κ1) is 67.8. The van der Waals surface area contributed by atoms with Gasteiger partial charge in [-0.25, -0.2) is 47.8 Å². The SMILES string of the molecule is CC(C)[C@H](NC(=O)CCN1C(=O)C=CC1=O)C(=O)N[C@@H](CCCNC(N)=O)C(=O)Nc1ccc(COC(=O)N(C)CCOC(=O)Nc2ncnc3c2ncn3[C@@H]2O[C@@]34CO[C@@H]2[C@@H]3O[P@](=O)(S)OC[C@H]2O[C@@H](n3cnc5c(=O)[nH]c(N)cc53)[C@H](O[P@](=O)(S)OC4)[C@@H]2F)cc1. The minimum absolute atomic E-state index is 0.0337. The van der Waals surface area contributed by atoms with Crippen molar-refractivity contribution in [2.24, 2.45) is 11.7 Å². The molecule has 4 saturated heterocycles. The molecule has 10 rings (SSSR count). The lowest BCUT2D eigenvalue weighted by Crippen LogP contribution is -2.54. The number of nitrogen functional groups attached to an aromatic ring is 1. The molecule has 10 N–H and O–H groups in total. The molecule has 5 aliphatic heterocycles. The van der Waals surface area contributed by atoms with Crippen LogP contribution in [0, 0.1) is 5.92 Å². The molecule has 0 spiro atoms. The fourth-order valence-corrected chi connectivity index (χ4v) is 13.5. The number of amides is 9. The number of thiol groups is 2. The van der Waals surface area contributed by atoms with Gasteiger partial charge in [0.05, 0.1) is 44.5 Å². The Morgan fingerprint density at radius 3 is 2.34 bits per heavy atom. The van der Waals surface area contributed by atoms with E-state index in [0.717, 1.165) is 28.3 Å². The van der Waals surface area contributed by atoms with Crippen LogP contribution in [0.1, 0.15) is 51.1 Å². The van der Waals surface area contributed by atoms with Gasteiger partial charge in [0, 0.05) is 50.5 Å². The highest BCUT2D eigenvalue weighted by Crippen LogP contribution is 2.63. The van der Waals surface area contributed by atoms with Gasteiger partial charge in [-0.2, -0.15) is 0 Å². The average Bonchev–Trinajstić information content (AvgIpc) is 1.57. The van der Waals surface area contributed by atoms with E-state index in [4.69, 9.17) is 53.2 Å². The van der Waals surface area contributed by atoms with E-state index in [1.165, 1.54) is 47.0 Å². The van der Waals surface area contributed by atoms with Crippen molar-refractivity contribution in [3.8, 4) is 0 Å². The standard InChI is InChI=1S/C52H63FN16O20P2S2/c1-25(2)36(64-32(70)12-14-67-33(71)10-11-34(67)72)45(74)62-28(5-4-13-56-49(55)76)44(73)61-27-8-6-26(7-9-27)18-82-51(78)66(3)15-16-81-50(77)65-42-38-43(58-22-57-42)69(24-60-38)48-40-41-52(87-48,20-83-40)21-85-91(80,93)88-39-35(53)30(19-84-90(79,92)89-41)86-47(39)68-23-59-37-29(68)17-31(54)63-46(37)75/h6-11,17,22-25,28,30,35-36,39-41,47-48H,4-5,12-16,18-21H2,1-3H3,(H,61,73)(H,62,74)(H,64,70)(H,79,92)(H,80,93)(H3,54,63,75)(H3,55,56,76)(H,57,58,65,77)/t28-,30+,35+,36-,39+,40+,41-,47+,48+,52+,90+,91+/m0/s1. The van der Waals surface area contributed by atoms with Gasteiger partial charge in [0.1, 0.15) is 67.5 Å². The van der Waals surface area contributed by atoms with Crippen LogP contribution in [0.4, 0.5) is 36.1 Å². The number of benzene rings is 1. The summed E-state index contributed by atoms with van der Waals surface area (Å²) in [6.07, 6.45) is -6.63. The van der Waals surface area contributed by atoms with E-state index in [1.807, 2.05) is 0 Å². The summed E-state index contributed by atoms with van der Waals surface area (Å²) in [6, 6.07) is 4.50. The lowest BCUT2D eigenvalue weighted by molar-refractivity contribution is -0.182. The number of ether oxygens (including phenoxy) is 5. The highest BCUT2D eigenvalue weighted by Gasteiger charge is 2.66. The molecule has 9 heterocycles. The predicted octanol–water partition coefficient (Wildman–Crippen LogP) is 2.09. The number of aromatic nitrogens is 7. The largest absolute Gasteiger partial charge is 0.447 e. The number of nitrogens with one attached hydrogen (secondary N) is 6. The van der Waals surface area contributed by atoms with Gasteiger partial charge in [-0.3, -0.25) is 61.6 Å². The molecule has 4 fully saturated rings. The van der Waals surface area contributed by atoms with Gasteiger partial charge < -0.3 is 70.9 Å². The molecule has 1 aromatic carbocycles. The summed E-state index contributed by atoms with van der Waals surface area (Å²) in [5.74, 6) is -3.68. The van der Waals surface area contributed by atoms with E-state index in [1.54, 1.807) is 26.0 Å². The highest BCUT2D eigenvalue weighted by molar-refractivity contribution is 8.44. The molecule has 4 aromatic heterocycles. The Bertz CT molecular complexity index is 3900. The van der Waals surface area contributed by atoms with E-state index in [2.05, 4.69) is 76.0 Å². The highest BCUT2D eigenvalue weighted by atomic mass is 32.7. The number of halogens is 1. The van der Waals surface area contributed by atoms with Gasteiger partial charge in [-0.05, 0) is 36.5 Å². The lowest BCUT2D eigenvalue weighted by atomic mass is 10.0. The maximum absolute atomic E-state index is 16.3. The van der Waals surface area contributed by atoms with Gasteiger partial charge in [-0.1, -0.05) is 50.5 Å². The molecule has 5 aliphatic rings. The first-order valence-corrected chi connectivity index (χ1v) is 33.9.